The van der Waals surface area contributed by atoms with Crippen molar-refractivity contribution in [2.75, 3.05) is 4.90 Å². The number of rotatable bonds is 4. The van der Waals surface area contributed by atoms with Crippen molar-refractivity contribution in [2.45, 2.75) is 57.8 Å². The lowest BCUT2D eigenvalue weighted by Gasteiger charge is -2.55. The maximum Gasteiger partial charge on any atom is 0.346 e. The lowest BCUT2D eigenvalue weighted by molar-refractivity contribution is -0.132. The van der Waals surface area contributed by atoms with E-state index in [0.717, 1.165) is 14.6 Å². The first-order chi connectivity index (χ1) is 21.4. The fourth-order valence-corrected chi connectivity index (χ4v) is 9.83. The maximum absolute atomic E-state index is 11.3. The van der Waals surface area contributed by atoms with Gasteiger partial charge in [-0.15, -0.1) is 22.7 Å². The number of carboxylic acid groups (broad SMARTS) is 1. The van der Waals surface area contributed by atoms with Crippen molar-refractivity contribution in [2.24, 2.45) is 0 Å². The fraction of sp³-hybridized carbons (Fsp3) is 0.231. The molecular weight excluding hydrogens is 593 g/mol. The lowest BCUT2D eigenvalue weighted by Crippen LogP contribution is -2.43. The van der Waals surface area contributed by atoms with E-state index in [2.05, 4.69) is 107 Å². The summed E-state index contributed by atoms with van der Waals surface area (Å²) in [6.45, 7) is 14.3. The van der Waals surface area contributed by atoms with Crippen LogP contribution in [0.3, 0.4) is 0 Å². The quantitative estimate of drug-likeness (QED) is 0.160. The van der Waals surface area contributed by atoms with E-state index in [1.807, 2.05) is 12.1 Å². The maximum atomic E-state index is 11.3. The molecule has 0 spiro atoms. The molecule has 0 amide bonds. The van der Waals surface area contributed by atoms with Crippen LogP contribution in [-0.2, 0) is 21.0 Å². The second kappa shape index (κ2) is 9.06. The average molecular weight is 625 g/mol. The Labute approximate surface area is 271 Å². The van der Waals surface area contributed by atoms with Crippen LogP contribution in [0.15, 0.2) is 78.4 Å². The van der Waals surface area contributed by atoms with Gasteiger partial charge in [-0.05, 0) is 81.4 Å². The van der Waals surface area contributed by atoms with Gasteiger partial charge in [0.05, 0.1) is 17.1 Å². The number of nitrogens with zero attached hydrogens (tertiary/aromatic N) is 2. The lowest BCUT2D eigenvalue weighted by atomic mass is 9.60. The molecule has 0 bridgehead atoms. The number of nitriles is 1. The molecule has 0 atom stereocenters. The van der Waals surface area contributed by atoms with Crippen molar-refractivity contribution >= 4 is 51.8 Å². The van der Waals surface area contributed by atoms with Crippen LogP contribution in [0.1, 0.15) is 79.8 Å². The van der Waals surface area contributed by atoms with Gasteiger partial charge in [0.25, 0.3) is 0 Å². The Kier molecular flexibility index (Phi) is 5.65. The molecule has 6 heteroatoms. The molecule has 8 rings (SSSR count). The third-order valence-electron chi connectivity index (χ3n) is 10.3. The van der Waals surface area contributed by atoms with Crippen LogP contribution in [0.4, 0.5) is 17.1 Å². The molecule has 2 aromatic heterocycles. The van der Waals surface area contributed by atoms with E-state index in [0.29, 0.717) is 0 Å². The minimum absolute atomic E-state index is 0.108. The second-order valence-electron chi connectivity index (χ2n) is 13.9. The molecule has 5 heterocycles. The van der Waals surface area contributed by atoms with Gasteiger partial charge in [0.15, 0.2) is 0 Å². The zero-order valence-corrected chi connectivity index (χ0v) is 27.7. The molecule has 1 N–H and O–H groups in total. The van der Waals surface area contributed by atoms with Crippen molar-refractivity contribution in [3.05, 3.63) is 117 Å². The Morgan fingerprint density at radius 1 is 0.689 bits per heavy atom. The molecule has 3 aromatic carbocycles. The summed E-state index contributed by atoms with van der Waals surface area (Å²) in [6.07, 6.45) is 1.44. The number of carbonyl (C=O) groups is 1. The van der Waals surface area contributed by atoms with E-state index in [4.69, 9.17) is 0 Å². The van der Waals surface area contributed by atoms with Gasteiger partial charge < -0.3 is 10.0 Å². The molecule has 0 saturated heterocycles. The molecule has 0 radical (unpaired) electrons. The molecule has 3 aliphatic heterocycles. The number of anilines is 3. The number of hydrogen-bond acceptors (Lipinski definition) is 5. The molecule has 0 unspecified atom stereocenters. The van der Waals surface area contributed by atoms with Gasteiger partial charge in [-0.25, -0.2) is 4.79 Å². The standard InChI is InChI=1S/C39H32N2O2S2/c1-37(2)24-9-7-11-26-33(24)41-34-25(37)10-8-12-27(34)39(5,6)29-19-21(18-28(35(29)41)38(26,3)4)30-15-16-32(45-30)31-14-13-23(44-31)17-22(20-40)36(42)43/h7-19H,1-6H3,(H,42,43)/b22-17-. The van der Waals surface area contributed by atoms with Gasteiger partial charge in [-0.1, -0.05) is 77.9 Å². The molecule has 3 aliphatic rings. The summed E-state index contributed by atoms with van der Waals surface area (Å²) in [6, 6.07) is 28.6. The Morgan fingerprint density at radius 2 is 1.13 bits per heavy atom. The smallest absolute Gasteiger partial charge is 0.346 e. The molecule has 4 nitrogen and oxygen atoms in total. The normalized spacial score (nSPS) is 17.4. The minimum atomic E-state index is -1.21. The topological polar surface area (TPSA) is 64.3 Å². The second-order valence-corrected chi connectivity index (χ2v) is 16.1. The molecule has 0 fully saturated rings. The number of benzene rings is 3. The highest BCUT2D eigenvalue weighted by Crippen LogP contribution is 2.66. The first-order valence-electron chi connectivity index (χ1n) is 15.2. The largest absolute Gasteiger partial charge is 0.477 e. The first kappa shape index (κ1) is 28.1. The van der Waals surface area contributed by atoms with Crippen LogP contribution in [0.25, 0.3) is 26.3 Å². The van der Waals surface area contributed by atoms with Crippen molar-refractivity contribution in [3.8, 4) is 26.3 Å². The highest BCUT2D eigenvalue weighted by Gasteiger charge is 2.51. The zero-order valence-electron chi connectivity index (χ0n) is 26.1. The minimum Gasteiger partial charge on any atom is -0.477 e. The third kappa shape index (κ3) is 3.66. The van der Waals surface area contributed by atoms with Gasteiger partial charge in [-0.2, -0.15) is 5.26 Å². The van der Waals surface area contributed by atoms with Crippen LogP contribution in [0, 0.1) is 11.3 Å². The molecule has 45 heavy (non-hydrogen) atoms. The number of para-hydroxylation sites is 2. The van der Waals surface area contributed by atoms with E-state index >= 15 is 0 Å². The summed E-state index contributed by atoms with van der Waals surface area (Å²) in [7, 11) is 0. The molecular formula is C39H32N2O2S2. The van der Waals surface area contributed by atoms with Crippen molar-refractivity contribution in [3.63, 3.8) is 0 Å². The predicted molar refractivity (Wildman–Crippen MR) is 185 cm³/mol. The molecule has 0 saturated carbocycles. The SMILES string of the molecule is CC1(C)c2cccc3c2N2c4c1cccc4C(C)(C)c1cc(-c4ccc(-c5ccc(/C=C(/C#N)C(=O)O)s5)s4)cc(c12)C3(C)C. The van der Waals surface area contributed by atoms with Crippen molar-refractivity contribution in [1.29, 1.82) is 5.26 Å². The Bertz CT molecular complexity index is 2110. The predicted octanol–water partition coefficient (Wildman–Crippen LogP) is 10.5. The van der Waals surface area contributed by atoms with Crippen LogP contribution < -0.4 is 4.90 Å². The van der Waals surface area contributed by atoms with Crippen LogP contribution in [0.5, 0.6) is 0 Å². The van der Waals surface area contributed by atoms with E-state index in [-0.39, 0.29) is 21.8 Å². The van der Waals surface area contributed by atoms with Gasteiger partial charge >= 0.3 is 5.97 Å². The number of hydrogen-bond donors (Lipinski definition) is 1. The van der Waals surface area contributed by atoms with Crippen LogP contribution in [0.2, 0.25) is 0 Å². The fourth-order valence-electron chi connectivity index (χ4n) is 7.80. The summed E-state index contributed by atoms with van der Waals surface area (Å²) in [5.41, 5.74) is 12.7. The molecule has 0 aliphatic carbocycles. The summed E-state index contributed by atoms with van der Waals surface area (Å²) in [4.78, 5) is 18.1. The van der Waals surface area contributed by atoms with Gasteiger partial charge in [0, 0.05) is 35.8 Å². The highest BCUT2D eigenvalue weighted by molar-refractivity contribution is 7.24. The van der Waals surface area contributed by atoms with Crippen molar-refractivity contribution in [1.82, 2.24) is 0 Å². The van der Waals surface area contributed by atoms with E-state index in [9.17, 15) is 15.2 Å². The van der Waals surface area contributed by atoms with E-state index in [1.165, 1.54) is 78.3 Å². The monoisotopic (exact) mass is 624 g/mol. The number of aliphatic carboxylic acids is 1. The zero-order chi connectivity index (χ0) is 31.6. The van der Waals surface area contributed by atoms with Crippen LogP contribution >= 0.6 is 22.7 Å². The van der Waals surface area contributed by atoms with Gasteiger partial charge in [0.1, 0.15) is 11.6 Å². The van der Waals surface area contributed by atoms with Crippen molar-refractivity contribution < 1.29 is 9.90 Å². The summed E-state index contributed by atoms with van der Waals surface area (Å²) in [5.74, 6) is -1.21. The Balaban J connectivity index is 1.32. The first-order valence-corrected chi connectivity index (χ1v) is 16.8. The highest BCUT2D eigenvalue weighted by atomic mass is 32.1. The summed E-state index contributed by atoms with van der Waals surface area (Å²) >= 11 is 3.25. The summed E-state index contributed by atoms with van der Waals surface area (Å²) in [5, 5.41) is 18.5. The Morgan fingerprint density at radius 3 is 1.64 bits per heavy atom. The number of thiophene rings is 2. The summed E-state index contributed by atoms with van der Waals surface area (Å²) < 4.78 is 0. The molecule has 5 aromatic rings. The van der Waals surface area contributed by atoms with Gasteiger partial charge in [-0.3, -0.25) is 0 Å². The molecule has 222 valence electrons. The number of carboxylic acids is 1. The van der Waals surface area contributed by atoms with E-state index < -0.39 is 5.97 Å². The van der Waals surface area contributed by atoms with Crippen LogP contribution in [-0.4, -0.2) is 11.1 Å². The van der Waals surface area contributed by atoms with E-state index in [1.54, 1.807) is 17.4 Å². The Hall–Kier alpha value is -4.44. The average Bonchev–Trinajstić information content (AvgIpc) is 3.68. The third-order valence-corrected chi connectivity index (χ3v) is 12.7. The van der Waals surface area contributed by atoms with Gasteiger partial charge in [0.2, 0.25) is 0 Å².